The summed E-state index contributed by atoms with van der Waals surface area (Å²) in [6.07, 6.45) is 0.459. The van der Waals surface area contributed by atoms with Gasteiger partial charge < -0.3 is 23.4 Å². The molecule has 190 valence electrons. The normalized spacial score (nSPS) is 30.9. The summed E-state index contributed by atoms with van der Waals surface area (Å²) in [6.45, 7) is 19.3. The molecule has 34 heavy (non-hydrogen) atoms. The van der Waals surface area contributed by atoms with Crippen LogP contribution in [0.1, 0.15) is 62.3 Å². The first-order valence-corrected chi connectivity index (χ1v) is 16.2. The highest BCUT2D eigenvalue weighted by Crippen LogP contribution is 2.50. The van der Waals surface area contributed by atoms with Crippen LogP contribution in [0.2, 0.25) is 22.2 Å². The third kappa shape index (κ3) is 4.08. The van der Waals surface area contributed by atoms with Gasteiger partial charge in [-0.2, -0.15) is 10.2 Å². The molecule has 0 aliphatic carbocycles. The average Bonchev–Trinajstić information content (AvgIpc) is 2.98. The average molecular weight is 509 g/mol. The van der Waals surface area contributed by atoms with Crippen molar-refractivity contribution < 1.29 is 17.7 Å². The lowest BCUT2D eigenvalue weighted by molar-refractivity contribution is -0.0952. The van der Waals surface area contributed by atoms with E-state index in [1.807, 2.05) is 6.92 Å². The summed E-state index contributed by atoms with van der Waals surface area (Å²) in [6, 6.07) is 3.76. The van der Waals surface area contributed by atoms with Gasteiger partial charge in [-0.1, -0.05) is 62.3 Å². The molecule has 3 heterocycles. The number of anilines is 1. The van der Waals surface area contributed by atoms with E-state index >= 15 is 0 Å². The van der Waals surface area contributed by atoms with Crippen molar-refractivity contribution in [3.63, 3.8) is 0 Å². The van der Waals surface area contributed by atoms with E-state index in [1.54, 1.807) is 0 Å². The first-order valence-electron chi connectivity index (χ1n) is 12.2. The highest BCUT2D eigenvalue weighted by molar-refractivity contribution is 6.83. The summed E-state index contributed by atoms with van der Waals surface area (Å²) in [7, 11) is -5.62. The lowest BCUT2D eigenvalue weighted by Gasteiger charge is -2.51. The maximum atomic E-state index is 12.8. The van der Waals surface area contributed by atoms with Crippen LogP contribution in [0, 0.1) is 17.2 Å². The standard InChI is InChI=1S/C23H40N4O5Si2/c1-14(2)33(15(3)4)29-12-19-21(31-34(32-33,16(5)6)17(7)8)18(9)23(13-24,30-19)27-11-10-20(25)26-22(27)28/h10-11,14-19,21H,12H2,1-9H3,(H2,25,26,28)/t18-,19+,21-,23+/m0/s1. The zero-order chi connectivity index (χ0) is 25.6. The number of hydrogen-bond donors (Lipinski definition) is 1. The molecule has 0 saturated carbocycles. The van der Waals surface area contributed by atoms with Crippen LogP contribution in [0.3, 0.4) is 0 Å². The SMILES string of the molecule is CC(C)[Si]1(C(C)C)OC[C@H]2O[C@@](C#N)(n3ccc(N)nc3=O)[C@@H](C)[C@@H]2O[Si](C(C)C)(C(C)C)O1. The van der Waals surface area contributed by atoms with E-state index in [4.69, 9.17) is 23.4 Å². The third-order valence-electron chi connectivity index (χ3n) is 7.48. The van der Waals surface area contributed by atoms with Gasteiger partial charge in [-0.15, -0.1) is 0 Å². The Labute approximate surface area is 205 Å². The second kappa shape index (κ2) is 9.48. The van der Waals surface area contributed by atoms with E-state index in [0.717, 1.165) is 0 Å². The van der Waals surface area contributed by atoms with E-state index in [2.05, 4.69) is 66.4 Å². The third-order valence-corrected chi connectivity index (χ3v) is 17.7. The van der Waals surface area contributed by atoms with Crippen molar-refractivity contribution >= 4 is 22.9 Å². The number of ether oxygens (including phenoxy) is 1. The van der Waals surface area contributed by atoms with E-state index in [1.165, 1.54) is 16.8 Å². The highest BCUT2D eigenvalue weighted by atomic mass is 28.5. The molecule has 0 radical (unpaired) electrons. The minimum atomic E-state index is -2.88. The predicted molar refractivity (Wildman–Crippen MR) is 134 cm³/mol. The van der Waals surface area contributed by atoms with Gasteiger partial charge in [0.25, 0.3) is 0 Å². The molecule has 2 fully saturated rings. The van der Waals surface area contributed by atoms with E-state index in [0.29, 0.717) is 0 Å². The number of rotatable bonds is 5. The van der Waals surface area contributed by atoms with Crippen molar-refractivity contribution in [2.75, 3.05) is 12.3 Å². The van der Waals surface area contributed by atoms with Crippen molar-refractivity contribution in [3.8, 4) is 6.07 Å². The molecule has 1 aromatic heterocycles. The molecule has 0 spiro atoms. The summed E-state index contributed by atoms with van der Waals surface area (Å²) >= 11 is 0. The van der Waals surface area contributed by atoms with Gasteiger partial charge >= 0.3 is 22.8 Å². The number of fused-ring (bicyclic) bond motifs is 1. The van der Waals surface area contributed by atoms with E-state index in [9.17, 15) is 10.1 Å². The zero-order valence-electron chi connectivity index (χ0n) is 21.9. The topological polar surface area (TPSA) is 122 Å². The van der Waals surface area contributed by atoms with Gasteiger partial charge in [-0.05, 0) is 28.2 Å². The maximum Gasteiger partial charge on any atom is 0.352 e. The van der Waals surface area contributed by atoms with Gasteiger partial charge in [-0.3, -0.25) is 4.57 Å². The van der Waals surface area contributed by atoms with E-state index in [-0.39, 0.29) is 34.6 Å². The molecule has 11 heteroatoms. The summed E-state index contributed by atoms with van der Waals surface area (Å²) in [5.41, 5.74) is 4.15. The van der Waals surface area contributed by atoms with Crippen LogP contribution in [0.4, 0.5) is 5.82 Å². The van der Waals surface area contributed by atoms with Crippen LogP contribution in [0.5, 0.6) is 0 Å². The Bertz CT molecular complexity index is 976. The van der Waals surface area contributed by atoms with Gasteiger partial charge in [0.05, 0.1) is 12.7 Å². The summed E-state index contributed by atoms with van der Waals surface area (Å²) in [4.78, 5) is 16.6. The summed E-state index contributed by atoms with van der Waals surface area (Å²) in [5, 5.41) is 10.3. The van der Waals surface area contributed by atoms with Crippen LogP contribution >= 0.6 is 0 Å². The van der Waals surface area contributed by atoms with E-state index < -0.39 is 46.7 Å². The number of hydrogen-bond acceptors (Lipinski definition) is 8. The van der Waals surface area contributed by atoms with Crippen molar-refractivity contribution in [3.05, 3.63) is 22.7 Å². The smallest absolute Gasteiger partial charge is 0.352 e. The number of nitrogens with two attached hydrogens (primary N) is 1. The van der Waals surface area contributed by atoms with Crippen molar-refractivity contribution in [2.24, 2.45) is 5.92 Å². The lowest BCUT2D eigenvalue weighted by Crippen LogP contribution is -2.65. The van der Waals surface area contributed by atoms with Crippen molar-refractivity contribution in [2.45, 2.75) is 102 Å². The number of aromatic nitrogens is 2. The molecule has 3 rings (SSSR count). The van der Waals surface area contributed by atoms with Crippen LogP contribution in [0.15, 0.2) is 17.1 Å². The van der Waals surface area contributed by atoms with Crippen LogP contribution in [-0.2, 0) is 23.4 Å². The Morgan fingerprint density at radius 1 is 1.12 bits per heavy atom. The van der Waals surface area contributed by atoms with Crippen LogP contribution < -0.4 is 11.4 Å². The number of nitriles is 1. The fourth-order valence-electron chi connectivity index (χ4n) is 5.52. The van der Waals surface area contributed by atoms with Crippen LogP contribution in [-0.4, -0.2) is 45.5 Å². The number of nitrogens with zero attached hydrogens (tertiary/aromatic N) is 3. The molecule has 2 saturated heterocycles. The largest absolute Gasteiger partial charge is 0.414 e. The number of nitrogen functional groups attached to an aromatic ring is 1. The second-order valence-corrected chi connectivity index (χ2v) is 19.7. The predicted octanol–water partition coefficient (Wildman–Crippen LogP) is 3.99. The van der Waals surface area contributed by atoms with Gasteiger partial charge in [0.1, 0.15) is 18.0 Å². The zero-order valence-corrected chi connectivity index (χ0v) is 23.9. The highest BCUT2D eigenvalue weighted by Gasteiger charge is 2.64. The molecule has 0 amide bonds. The Morgan fingerprint density at radius 2 is 1.68 bits per heavy atom. The van der Waals surface area contributed by atoms with Gasteiger partial charge in [-0.25, -0.2) is 4.79 Å². The molecule has 4 atom stereocenters. The molecule has 2 aliphatic heterocycles. The van der Waals surface area contributed by atoms with Crippen molar-refractivity contribution in [1.82, 2.24) is 9.55 Å². The summed E-state index contributed by atoms with van der Waals surface area (Å²) < 4.78 is 28.7. The lowest BCUT2D eigenvalue weighted by atomic mass is 9.94. The molecular formula is C23H40N4O5Si2. The Hall–Kier alpha value is -1.56. The van der Waals surface area contributed by atoms with Crippen LogP contribution in [0.25, 0.3) is 0 Å². The fraction of sp³-hybridized carbons (Fsp3) is 0.783. The molecule has 2 aliphatic rings. The molecule has 0 aromatic carbocycles. The monoisotopic (exact) mass is 508 g/mol. The minimum Gasteiger partial charge on any atom is -0.414 e. The van der Waals surface area contributed by atoms with Crippen molar-refractivity contribution in [1.29, 1.82) is 5.26 Å². The second-order valence-electron chi connectivity index (χ2n) is 10.8. The quantitative estimate of drug-likeness (QED) is 0.592. The molecule has 9 nitrogen and oxygen atoms in total. The van der Waals surface area contributed by atoms with Gasteiger partial charge in [0.2, 0.25) is 5.72 Å². The minimum absolute atomic E-state index is 0.0923. The fourth-order valence-corrected chi connectivity index (χ4v) is 16.8. The first-order chi connectivity index (χ1) is 15.8. The first kappa shape index (κ1) is 27.0. The molecule has 1 aromatic rings. The van der Waals surface area contributed by atoms with Gasteiger partial charge in [0.15, 0.2) is 0 Å². The summed E-state index contributed by atoms with van der Waals surface area (Å²) in [5.74, 6) is -0.385. The molecule has 2 N–H and O–H groups in total. The Kier molecular flexibility index (Phi) is 7.54. The molecular weight excluding hydrogens is 468 g/mol. The maximum absolute atomic E-state index is 12.8. The molecule has 0 unspecified atom stereocenters. The van der Waals surface area contributed by atoms with Gasteiger partial charge in [0, 0.05) is 12.1 Å². The Morgan fingerprint density at radius 3 is 2.15 bits per heavy atom. The Balaban J connectivity index is 2.18. The molecule has 0 bridgehead atoms.